The van der Waals surface area contributed by atoms with Gasteiger partial charge in [-0.2, -0.15) is 0 Å². The summed E-state index contributed by atoms with van der Waals surface area (Å²) in [6, 6.07) is 8.87. The molecule has 2 aromatic rings. The van der Waals surface area contributed by atoms with Gasteiger partial charge in [-0.25, -0.2) is 0 Å². The molecule has 0 bridgehead atoms. The highest BCUT2D eigenvalue weighted by Crippen LogP contribution is 2.39. The maximum Gasteiger partial charge on any atom is 0.255 e. The van der Waals surface area contributed by atoms with Gasteiger partial charge < -0.3 is 24.3 Å². The number of aryl methyl sites for hydroxylation is 1. The molecule has 0 aliphatic carbocycles. The smallest absolute Gasteiger partial charge is 0.255 e. The zero-order valence-electron chi connectivity index (χ0n) is 16.0. The van der Waals surface area contributed by atoms with Crippen molar-refractivity contribution < 1.29 is 23.7 Å². The molecule has 0 heterocycles. The van der Waals surface area contributed by atoms with Gasteiger partial charge in [-0.1, -0.05) is 12.1 Å². The molecule has 6 nitrogen and oxygen atoms in total. The standard InChI is InChI=1S/C20H25NO5/c1-12-8-7-9-15(23-3)18(12)20(22)21-13(2)14-10-16(24-4)19(26-6)17(11-14)25-5/h7-11,13H,1-6H3,(H,21,22). The molecule has 140 valence electrons. The molecule has 0 radical (unpaired) electrons. The molecule has 0 fully saturated rings. The van der Waals surface area contributed by atoms with Gasteiger partial charge in [0.15, 0.2) is 11.5 Å². The predicted octanol–water partition coefficient (Wildman–Crippen LogP) is 3.52. The van der Waals surface area contributed by atoms with Crippen molar-refractivity contribution in [2.24, 2.45) is 0 Å². The van der Waals surface area contributed by atoms with Crippen molar-refractivity contribution in [3.05, 3.63) is 47.0 Å². The molecular weight excluding hydrogens is 334 g/mol. The first-order chi connectivity index (χ1) is 12.5. The van der Waals surface area contributed by atoms with Gasteiger partial charge in [0.05, 0.1) is 40.0 Å². The third-order valence-electron chi connectivity index (χ3n) is 4.22. The summed E-state index contributed by atoms with van der Waals surface area (Å²) >= 11 is 0. The first-order valence-corrected chi connectivity index (χ1v) is 8.21. The summed E-state index contributed by atoms with van der Waals surface area (Å²) in [6.45, 7) is 3.77. The zero-order valence-corrected chi connectivity index (χ0v) is 16.0. The first-order valence-electron chi connectivity index (χ1n) is 8.21. The van der Waals surface area contributed by atoms with Crippen LogP contribution in [0.3, 0.4) is 0 Å². The fourth-order valence-corrected chi connectivity index (χ4v) is 2.81. The number of hydrogen-bond acceptors (Lipinski definition) is 5. The highest BCUT2D eigenvalue weighted by molar-refractivity contribution is 5.98. The number of amides is 1. The number of nitrogens with one attached hydrogen (secondary N) is 1. The van der Waals surface area contributed by atoms with E-state index < -0.39 is 0 Å². The molecule has 2 rings (SSSR count). The van der Waals surface area contributed by atoms with Crippen LogP contribution >= 0.6 is 0 Å². The summed E-state index contributed by atoms with van der Waals surface area (Å²) in [7, 11) is 6.22. The minimum atomic E-state index is -0.277. The van der Waals surface area contributed by atoms with E-state index in [2.05, 4.69) is 5.32 Å². The fraction of sp³-hybridized carbons (Fsp3) is 0.350. The molecule has 1 N–H and O–H groups in total. The Balaban J connectivity index is 2.33. The summed E-state index contributed by atoms with van der Waals surface area (Å²) in [5.41, 5.74) is 2.20. The lowest BCUT2D eigenvalue weighted by atomic mass is 10.0. The first kappa shape index (κ1) is 19.4. The number of ether oxygens (including phenoxy) is 4. The summed E-state index contributed by atoms with van der Waals surface area (Å²) in [6.07, 6.45) is 0. The Morgan fingerprint density at radius 3 is 2.00 bits per heavy atom. The van der Waals surface area contributed by atoms with Gasteiger partial charge in [0.25, 0.3) is 5.91 Å². The Morgan fingerprint density at radius 1 is 0.923 bits per heavy atom. The van der Waals surface area contributed by atoms with Gasteiger partial charge in [-0.15, -0.1) is 0 Å². The molecule has 0 aliphatic heterocycles. The van der Waals surface area contributed by atoms with Crippen LogP contribution in [0.2, 0.25) is 0 Å². The Bertz CT molecular complexity index is 763. The second-order valence-corrected chi connectivity index (χ2v) is 5.81. The number of carbonyl (C=O) groups is 1. The van der Waals surface area contributed by atoms with Crippen LogP contribution < -0.4 is 24.3 Å². The number of benzene rings is 2. The van der Waals surface area contributed by atoms with Gasteiger partial charge in [0.2, 0.25) is 5.75 Å². The maximum atomic E-state index is 12.8. The molecule has 2 aromatic carbocycles. The molecule has 0 saturated carbocycles. The summed E-state index contributed by atoms with van der Waals surface area (Å²) in [5, 5.41) is 3.00. The van der Waals surface area contributed by atoms with E-state index >= 15 is 0 Å². The summed E-state index contributed by atoms with van der Waals surface area (Å²) in [5.74, 6) is 1.92. The van der Waals surface area contributed by atoms with E-state index in [1.807, 2.05) is 38.1 Å². The Morgan fingerprint density at radius 2 is 1.50 bits per heavy atom. The minimum Gasteiger partial charge on any atom is -0.496 e. The normalized spacial score (nSPS) is 11.5. The molecular formula is C20H25NO5. The molecule has 26 heavy (non-hydrogen) atoms. The van der Waals surface area contributed by atoms with Gasteiger partial charge in [-0.05, 0) is 43.2 Å². The fourth-order valence-electron chi connectivity index (χ4n) is 2.81. The van der Waals surface area contributed by atoms with E-state index in [0.29, 0.717) is 28.6 Å². The molecule has 0 aromatic heterocycles. The number of rotatable bonds is 7. The van der Waals surface area contributed by atoms with Crippen molar-refractivity contribution >= 4 is 5.91 Å². The molecule has 0 aliphatic rings. The quantitative estimate of drug-likeness (QED) is 0.819. The monoisotopic (exact) mass is 359 g/mol. The third-order valence-corrected chi connectivity index (χ3v) is 4.22. The Labute approximate surface area is 154 Å². The van der Waals surface area contributed by atoms with Crippen LogP contribution in [0.15, 0.2) is 30.3 Å². The third kappa shape index (κ3) is 3.85. The van der Waals surface area contributed by atoms with Crippen molar-refractivity contribution in [1.29, 1.82) is 0 Å². The SMILES string of the molecule is COc1cc(C(C)NC(=O)c2c(C)cccc2OC)cc(OC)c1OC. The van der Waals surface area contributed by atoms with Crippen molar-refractivity contribution in [3.63, 3.8) is 0 Å². The topological polar surface area (TPSA) is 66.0 Å². The molecule has 1 atom stereocenters. The highest BCUT2D eigenvalue weighted by atomic mass is 16.5. The number of methoxy groups -OCH3 is 4. The molecule has 0 saturated heterocycles. The highest BCUT2D eigenvalue weighted by Gasteiger charge is 2.20. The van der Waals surface area contributed by atoms with Crippen LogP contribution in [0.25, 0.3) is 0 Å². The van der Waals surface area contributed by atoms with Gasteiger partial charge >= 0.3 is 0 Å². The van der Waals surface area contributed by atoms with E-state index in [4.69, 9.17) is 18.9 Å². The van der Waals surface area contributed by atoms with Crippen LogP contribution in [-0.2, 0) is 0 Å². The van der Waals surface area contributed by atoms with E-state index in [1.54, 1.807) is 34.5 Å². The summed E-state index contributed by atoms with van der Waals surface area (Å²) in [4.78, 5) is 12.8. The average Bonchev–Trinajstić information content (AvgIpc) is 2.65. The molecule has 6 heteroatoms. The second kappa shape index (κ2) is 8.47. The van der Waals surface area contributed by atoms with Crippen molar-refractivity contribution in [3.8, 4) is 23.0 Å². The minimum absolute atomic E-state index is 0.207. The Kier molecular flexibility index (Phi) is 6.33. The Hall–Kier alpha value is -2.89. The van der Waals surface area contributed by atoms with E-state index in [1.165, 1.54) is 0 Å². The van der Waals surface area contributed by atoms with Crippen molar-refractivity contribution in [2.75, 3.05) is 28.4 Å². The molecule has 1 amide bonds. The second-order valence-electron chi connectivity index (χ2n) is 5.81. The number of carbonyl (C=O) groups excluding carboxylic acids is 1. The lowest BCUT2D eigenvalue weighted by Gasteiger charge is -2.20. The lowest BCUT2D eigenvalue weighted by molar-refractivity contribution is 0.0936. The summed E-state index contributed by atoms with van der Waals surface area (Å²) < 4.78 is 21.4. The largest absolute Gasteiger partial charge is 0.496 e. The van der Waals surface area contributed by atoms with E-state index in [-0.39, 0.29) is 11.9 Å². The van der Waals surface area contributed by atoms with E-state index in [9.17, 15) is 4.79 Å². The van der Waals surface area contributed by atoms with Crippen molar-refractivity contribution in [2.45, 2.75) is 19.9 Å². The lowest BCUT2D eigenvalue weighted by Crippen LogP contribution is -2.27. The van der Waals surface area contributed by atoms with Crippen LogP contribution in [0, 0.1) is 6.92 Å². The number of hydrogen-bond donors (Lipinski definition) is 1. The van der Waals surface area contributed by atoms with Gasteiger partial charge in [-0.3, -0.25) is 4.79 Å². The maximum absolute atomic E-state index is 12.8. The molecule has 1 unspecified atom stereocenters. The average molecular weight is 359 g/mol. The van der Waals surface area contributed by atoms with Crippen LogP contribution in [0.5, 0.6) is 23.0 Å². The van der Waals surface area contributed by atoms with Gasteiger partial charge in [0.1, 0.15) is 5.75 Å². The van der Waals surface area contributed by atoms with Crippen LogP contribution in [0.4, 0.5) is 0 Å². The molecule has 0 spiro atoms. The van der Waals surface area contributed by atoms with Crippen LogP contribution in [0.1, 0.15) is 34.5 Å². The predicted molar refractivity (Wildman–Crippen MR) is 99.7 cm³/mol. The van der Waals surface area contributed by atoms with Crippen molar-refractivity contribution in [1.82, 2.24) is 5.32 Å². The van der Waals surface area contributed by atoms with Gasteiger partial charge in [0, 0.05) is 0 Å². The van der Waals surface area contributed by atoms with Crippen LogP contribution in [-0.4, -0.2) is 34.3 Å². The van der Waals surface area contributed by atoms with E-state index in [0.717, 1.165) is 11.1 Å². The zero-order chi connectivity index (χ0) is 19.3.